The Labute approximate surface area is 154 Å². The number of rotatable bonds is 5. The summed E-state index contributed by atoms with van der Waals surface area (Å²) in [7, 11) is -3.27. The normalized spacial score (nSPS) is 18.6. The van der Waals surface area contributed by atoms with E-state index in [9.17, 15) is 13.2 Å². The number of nitrogens with one attached hydrogen (secondary N) is 1. The SMILES string of the molecule is Cc1cc(NC(=O)C2CCCN(S(C)(=O)=O)C2)n(Cc2ccccc2)n1. The Morgan fingerprint density at radius 1 is 1.31 bits per heavy atom. The van der Waals surface area contributed by atoms with Crippen molar-refractivity contribution in [3.63, 3.8) is 0 Å². The summed E-state index contributed by atoms with van der Waals surface area (Å²) in [6, 6.07) is 11.7. The molecule has 0 radical (unpaired) electrons. The van der Waals surface area contributed by atoms with Gasteiger partial charge in [-0.3, -0.25) is 4.79 Å². The molecule has 0 saturated carbocycles. The van der Waals surface area contributed by atoms with Gasteiger partial charge in [-0.25, -0.2) is 17.4 Å². The number of aryl methyl sites for hydroxylation is 1. The van der Waals surface area contributed by atoms with Crippen LogP contribution in [0.3, 0.4) is 0 Å². The van der Waals surface area contributed by atoms with Crippen molar-refractivity contribution in [2.75, 3.05) is 24.7 Å². The van der Waals surface area contributed by atoms with Crippen LogP contribution in [0.15, 0.2) is 36.4 Å². The second-order valence-electron chi connectivity index (χ2n) is 6.76. The lowest BCUT2D eigenvalue weighted by Crippen LogP contribution is -2.43. The molecule has 3 rings (SSSR count). The first kappa shape index (κ1) is 18.6. The van der Waals surface area contributed by atoms with Crippen molar-refractivity contribution in [1.82, 2.24) is 14.1 Å². The van der Waals surface area contributed by atoms with Gasteiger partial charge in [0.1, 0.15) is 5.82 Å². The Bertz CT molecular complexity index is 877. The number of hydrogen-bond donors (Lipinski definition) is 1. The lowest BCUT2D eigenvalue weighted by molar-refractivity contribution is -0.120. The van der Waals surface area contributed by atoms with Crippen LogP contribution >= 0.6 is 0 Å². The van der Waals surface area contributed by atoms with E-state index in [1.165, 1.54) is 10.6 Å². The first-order valence-corrected chi connectivity index (χ1v) is 10.5. The Kier molecular flexibility index (Phi) is 5.43. The molecule has 8 heteroatoms. The Morgan fingerprint density at radius 2 is 2.04 bits per heavy atom. The van der Waals surface area contributed by atoms with Gasteiger partial charge in [-0.15, -0.1) is 0 Å². The highest BCUT2D eigenvalue weighted by molar-refractivity contribution is 7.88. The van der Waals surface area contributed by atoms with E-state index in [0.29, 0.717) is 31.7 Å². The third kappa shape index (κ3) is 4.50. The number of piperidine rings is 1. The van der Waals surface area contributed by atoms with Crippen LogP contribution in [0, 0.1) is 12.8 Å². The Hall–Kier alpha value is -2.19. The lowest BCUT2D eigenvalue weighted by Gasteiger charge is -2.30. The molecule has 1 saturated heterocycles. The summed E-state index contributed by atoms with van der Waals surface area (Å²) in [6.45, 7) is 3.15. The van der Waals surface area contributed by atoms with Gasteiger partial charge < -0.3 is 5.32 Å². The molecule has 1 unspecified atom stereocenters. The van der Waals surface area contributed by atoms with Gasteiger partial charge in [0.2, 0.25) is 15.9 Å². The van der Waals surface area contributed by atoms with Crippen LogP contribution in [0.1, 0.15) is 24.1 Å². The molecule has 1 aliphatic heterocycles. The summed E-state index contributed by atoms with van der Waals surface area (Å²) in [5.74, 6) is 0.124. The average molecular weight is 376 g/mol. The van der Waals surface area contributed by atoms with Crippen molar-refractivity contribution in [2.24, 2.45) is 5.92 Å². The van der Waals surface area contributed by atoms with Crippen molar-refractivity contribution >= 4 is 21.7 Å². The maximum atomic E-state index is 12.7. The van der Waals surface area contributed by atoms with E-state index in [1.807, 2.05) is 43.3 Å². The van der Waals surface area contributed by atoms with Gasteiger partial charge in [0.15, 0.2) is 0 Å². The molecule has 0 aliphatic carbocycles. The molecular weight excluding hydrogens is 352 g/mol. The minimum atomic E-state index is -3.27. The Morgan fingerprint density at radius 3 is 2.73 bits per heavy atom. The zero-order valence-corrected chi connectivity index (χ0v) is 15.9. The zero-order chi connectivity index (χ0) is 18.7. The first-order chi connectivity index (χ1) is 12.3. The number of carbonyl (C=O) groups is 1. The number of anilines is 1. The van der Waals surface area contributed by atoms with E-state index in [1.54, 1.807) is 4.68 Å². The number of amides is 1. The third-order valence-electron chi connectivity index (χ3n) is 4.55. The molecule has 26 heavy (non-hydrogen) atoms. The second-order valence-corrected chi connectivity index (χ2v) is 8.75. The van der Waals surface area contributed by atoms with Gasteiger partial charge >= 0.3 is 0 Å². The summed E-state index contributed by atoms with van der Waals surface area (Å²) in [5.41, 5.74) is 1.91. The molecule has 1 atom stereocenters. The summed E-state index contributed by atoms with van der Waals surface area (Å²) >= 11 is 0. The van der Waals surface area contributed by atoms with Gasteiger partial charge in [0.25, 0.3) is 0 Å². The maximum Gasteiger partial charge on any atom is 0.229 e. The molecule has 1 N–H and O–H groups in total. The van der Waals surface area contributed by atoms with Gasteiger partial charge in [0, 0.05) is 19.2 Å². The van der Waals surface area contributed by atoms with E-state index in [-0.39, 0.29) is 18.4 Å². The molecule has 140 valence electrons. The van der Waals surface area contributed by atoms with Gasteiger partial charge in [-0.2, -0.15) is 5.10 Å². The number of benzene rings is 1. The molecule has 1 amide bonds. The summed E-state index contributed by atoms with van der Waals surface area (Å²) in [5, 5.41) is 7.39. The Balaban J connectivity index is 1.71. The minimum absolute atomic E-state index is 0.160. The van der Waals surface area contributed by atoms with Crippen molar-refractivity contribution in [3.05, 3.63) is 47.7 Å². The molecule has 1 fully saturated rings. The average Bonchev–Trinajstić information content (AvgIpc) is 2.94. The van der Waals surface area contributed by atoms with E-state index >= 15 is 0 Å². The van der Waals surface area contributed by atoms with Crippen molar-refractivity contribution < 1.29 is 13.2 Å². The predicted molar refractivity (Wildman–Crippen MR) is 100 cm³/mol. The molecule has 0 spiro atoms. The summed E-state index contributed by atoms with van der Waals surface area (Å²) in [6.07, 6.45) is 2.56. The predicted octanol–water partition coefficient (Wildman–Crippen LogP) is 1.85. The highest BCUT2D eigenvalue weighted by atomic mass is 32.2. The monoisotopic (exact) mass is 376 g/mol. The molecule has 1 aromatic heterocycles. The standard InChI is InChI=1S/C18H24N4O3S/c1-14-11-17(22(20-14)12-15-7-4-3-5-8-15)19-18(23)16-9-6-10-21(13-16)26(2,24)25/h3-5,7-8,11,16H,6,9-10,12-13H2,1-2H3,(H,19,23). The number of hydrogen-bond acceptors (Lipinski definition) is 4. The van der Waals surface area contributed by atoms with Gasteiger partial charge in [0.05, 0.1) is 24.4 Å². The van der Waals surface area contributed by atoms with Crippen LogP contribution in [-0.4, -0.2) is 47.8 Å². The summed E-state index contributed by atoms with van der Waals surface area (Å²) in [4.78, 5) is 12.7. The van der Waals surface area contributed by atoms with Gasteiger partial charge in [-0.05, 0) is 25.3 Å². The molecule has 7 nitrogen and oxygen atoms in total. The fourth-order valence-corrected chi connectivity index (χ4v) is 4.12. The molecule has 2 aromatic rings. The zero-order valence-electron chi connectivity index (χ0n) is 15.1. The summed E-state index contributed by atoms with van der Waals surface area (Å²) < 4.78 is 26.7. The largest absolute Gasteiger partial charge is 0.311 e. The third-order valence-corrected chi connectivity index (χ3v) is 5.82. The highest BCUT2D eigenvalue weighted by Crippen LogP contribution is 2.21. The number of carbonyl (C=O) groups excluding carboxylic acids is 1. The van der Waals surface area contributed by atoms with E-state index in [4.69, 9.17) is 0 Å². The van der Waals surface area contributed by atoms with Crippen LogP contribution in [0.5, 0.6) is 0 Å². The highest BCUT2D eigenvalue weighted by Gasteiger charge is 2.30. The molecular formula is C18H24N4O3S. The molecule has 0 bridgehead atoms. The van der Waals surface area contributed by atoms with Crippen LogP contribution in [-0.2, 0) is 21.4 Å². The molecule has 1 aromatic carbocycles. The van der Waals surface area contributed by atoms with Crippen molar-refractivity contribution in [2.45, 2.75) is 26.3 Å². The van der Waals surface area contributed by atoms with E-state index in [2.05, 4.69) is 10.4 Å². The van der Waals surface area contributed by atoms with E-state index in [0.717, 1.165) is 11.3 Å². The van der Waals surface area contributed by atoms with Crippen LogP contribution in [0.2, 0.25) is 0 Å². The van der Waals surface area contributed by atoms with Gasteiger partial charge in [-0.1, -0.05) is 30.3 Å². The quantitative estimate of drug-likeness (QED) is 0.863. The van der Waals surface area contributed by atoms with Crippen molar-refractivity contribution in [3.8, 4) is 0 Å². The molecule has 1 aliphatic rings. The van der Waals surface area contributed by atoms with Crippen LogP contribution < -0.4 is 5.32 Å². The fraction of sp³-hybridized carbons (Fsp3) is 0.444. The van der Waals surface area contributed by atoms with Crippen LogP contribution in [0.4, 0.5) is 5.82 Å². The minimum Gasteiger partial charge on any atom is -0.311 e. The second kappa shape index (κ2) is 7.59. The van der Waals surface area contributed by atoms with Crippen molar-refractivity contribution in [1.29, 1.82) is 0 Å². The van der Waals surface area contributed by atoms with E-state index < -0.39 is 10.0 Å². The number of aromatic nitrogens is 2. The fourth-order valence-electron chi connectivity index (χ4n) is 3.21. The smallest absolute Gasteiger partial charge is 0.229 e. The van der Waals surface area contributed by atoms with Crippen LogP contribution in [0.25, 0.3) is 0 Å². The first-order valence-electron chi connectivity index (χ1n) is 8.67. The lowest BCUT2D eigenvalue weighted by atomic mass is 9.99. The topological polar surface area (TPSA) is 84.3 Å². The molecule has 2 heterocycles. The number of nitrogens with zero attached hydrogens (tertiary/aromatic N) is 3. The number of sulfonamides is 1. The maximum absolute atomic E-state index is 12.7.